The van der Waals surface area contributed by atoms with Crippen molar-refractivity contribution < 1.29 is 9.90 Å². The van der Waals surface area contributed by atoms with Gasteiger partial charge in [0.15, 0.2) is 5.69 Å². The van der Waals surface area contributed by atoms with E-state index in [2.05, 4.69) is 15.3 Å². The molecule has 7 heteroatoms. The van der Waals surface area contributed by atoms with E-state index >= 15 is 0 Å². The molecule has 0 aromatic carbocycles. The molecule has 0 fully saturated rings. The molecule has 2 rings (SSSR count). The predicted molar refractivity (Wildman–Crippen MR) is 71.7 cm³/mol. The van der Waals surface area contributed by atoms with Crippen molar-refractivity contribution in [3.8, 4) is 0 Å². The third-order valence-electron chi connectivity index (χ3n) is 2.88. The number of nitrogens with zero attached hydrogens (tertiary/aromatic N) is 4. The number of aromatic nitrogens is 4. The van der Waals surface area contributed by atoms with E-state index in [1.165, 1.54) is 4.88 Å². The number of thiazole rings is 1. The van der Waals surface area contributed by atoms with E-state index in [-0.39, 0.29) is 5.69 Å². The molecule has 0 unspecified atom stereocenters. The van der Waals surface area contributed by atoms with Crippen LogP contribution in [0, 0.1) is 13.8 Å². The number of carbonyl (C=O) groups is 1. The predicted octanol–water partition coefficient (Wildman–Crippen LogP) is 2.05. The van der Waals surface area contributed by atoms with Crippen LogP contribution < -0.4 is 0 Å². The lowest BCUT2D eigenvalue weighted by molar-refractivity contribution is 0.0689. The second kappa shape index (κ2) is 5.48. The fraction of sp³-hybridized carbons (Fsp3) is 0.500. The van der Waals surface area contributed by atoms with Gasteiger partial charge in [0, 0.05) is 4.88 Å². The average Bonchev–Trinajstić information content (AvgIpc) is 2.86. The summed E-state index contributed by atoms with van der Waals surface area (Å²) in [4.78, 5) is 16.7. The number of aromatic carboxylic acids is 1. The topological polar surface area (TPSA) is 80.9 Å². The van der Waals surface area contributed by atoms with Gasteiger partial charge >= 0.3 is 5.97 Å². The molecule has 0 saturated heterocycles. The van der Waals surface area contributed by atoms with Gasteiger partial charge in [0.25, 0.3) is 0 Å². The van der Waals surface area contributed by atoms with Crippen molar-refractivity contribution in [2.45, 2.75) is 40.2 Å². The quantitative estimate of drug-likeness (QED) is 0.906. The van der Waals surface area contributed by atoms with Crippen LogP contribution in [0.1, 0.15) is 45.1 Å². The Morgan fingerprint density at radius 2 is 2.16 bits per heavy atom. The van der Waals surface area contributed by atoms with E-state index in [1.54, 1.807) is 16.0 Å². The third-order valence-corrected chi connectivity index (χ3v) is 3.94. The van der Waals surface area contributed by atoms with Crippen molar-refractivity contribution in [2.24, 2.45) is 0 Å². The Morgan fingerprint density at radius 1 is 1.42 bits per heavy atom. The fourth-order valence-electron chi connectivity index (χ4n) is 1.85. The molecule has 0 saturated carbocycles. The first kappa shape index (κ1) is 13.7. The molecule has 1 N–H and O–H groups in total. The zero-order valence-corrected chi connectivity index (χ0v) is 12.0. The van der Waals surface area contributed by atoms with Crippen LogP contribution in [0.4, 0.5) is 0 Å². The Bertz CT molecular complexity index is 583. The lowest BCUT2D eigenvalue weighted by atomic mass is 10.2. The van der Waals surface area contributed by atoms with Gasteiger partial charge in [0.1, 0.15) is 5.01 Å². The van der Waals surface area contributed by atoms with Crippen LogP contribution in [-0.4, -0.2) is 31.1 Å². The maximum atomic E-state index is 11.1. The molecule has 2 aromatic rings. The van der Waals surface area contributed by atoms with E-state index in [1.807, 2.05) is 20.8 Å². The van der Waals surface area contributed by atoms with Crippen LogP contribution in [0.3, 0.4) is 0 Å². The maximum Gasteiger partial charge on any atom is 0.358 e. The summed E-state index contributed by atoms with van der Waals surface area (Å²) in [6.45, 7) is 6.47. The second-order valence-electron chi connectivity index (χ2n) is 4.35. The van der Waals surface area contributed by atoms with Gasteiger partial charge in [-0.15, -0.1) is 16.4 Å². The summed E-state index contributed by atoms with van der Waals surface area (Å²) in [6.07, 6.45) is 1.50. The number of rotatable bonds is 5. The molecule has 0 radical (unpaired) electrons. The van der Waals surface area contributed by atoms with Crippen molar-refractivity contribution in [1.82, 2.24) is 20.0 Å². The van der Waals surface area contributed by atoms with E-state index in [9.17, 15) is 4.79 Å². The van der Waals surface area contributed by atoms with Crippen LogP contribution >= 0.6 is 11.3 Å². The molecule has 0 atom stereocenters. The summed E-state index contributed by atoms with van der Waals surface area (Å²) in [5.41, 5.74) is 1.72. The van der Waals surface area contributed by atoms with Crippen LogP contribution in [0.2, 0.25) is 0 Å². The van der Waals surface area contributed by atoms with Crippen LogP contribution in [0.15, 0.2) is 0 Å². The largest absolute Gasteiger partial charge is 0.476 e. The minimum Gasteiger partial charge on any atom is -0.476 e. The standard InChI is InChI=1S/C12H16N4O2S/c1-4-5-9-11(12(17)18)14-15-16(9)6-10-13-7(2)8(3)19-10/h4-6H2,1-3H3,(H,17,18). The first-order valence-corrected chi connectivity index (χ1v) is 6.93. The smallest absolute Gasteiger partial charge is 0.358 e. The van der Waals surface area contributed by atoms with Gasteiger partial charge in [-0.2, -0.15) is 0 Å². The summed E-state index contributed by atoms with van der Waals surface area (Å²) in [5.74, 6) is -1.03. The summed E-state index contributed by atoms with van der Waals surface area (Å²) in [5, 5.41) is 17.7. The van der Waals surface area contributed by atoms with Crippen molar-refractivity contribution in [1.29, 1.82) is 0 Å². The number of aryl methyl sites for hydroxylation is 2. The van der Waals surface area contributed by atoms with Crippen LogP contribution in [-0.2, 0) is 13.0 Å². The SMILES string of the molecule is CCCc1c(C(=O)O)nnn1Cc1nc(C)c(C)s1. The summed E-state index contributed by atoms with van der Waals surface area (Å²) >= 11 is 1.61. The highest BCUT2D eigenvalue weighted by Gasteiger charge is 2.19. The molecule has 0 aliphatic heterocycles. The number of carboxylic acids is 1. The molecule has 0 spiro atoms. The second-order valence-corrected chi connectivity index (χ2v) is 5.63. The van der Waals surface area contributed by atoms with Gasteiger partial charge in [-0.25, -0.2) is 14.5 Å². The Kier molecular flexibility index (Phi) is 3.94. The Hall–Kier alpha value is -1.76. The van der Waals surface area contributed by atoms with Gasteiger partial charge in [-0.1, -0.05) is 18.6 Å². The molecule has 0 bridgehead atoms. The Balaban J connectivity index is 2.31. The summed E-state index contributed by atoms with van der Waals surface area (Å²) in [7, 11) is 0. The molecule has 0 aliphatic carbocycles. The zero-order valence-electron chi connectivity index (χ0n) is 11.2. The average molecular weight is 280 g/mol. The van der Waals surface area contributed by atoms with Crippen LogP contribution in [0.5, 0.6) is 0 Å². The minimum absolute atomic E-state index is 0.0480. The van der Waals surface area contributed by atoms with Crippen molar-refractivity contribution in [3.63, 3.8) is 0 Å². The van der Waals surface area contributed by atoms with Crippen molar-refractivity contribution in [2.75, 3.05) is 0 Å². The highest BCUT2D eigenvalue weighted by atomic mass is 32.1. The van der Waals surface area contributed by atoms with Gasteiger partial charge < -0.3 is 5.11 Å². The highest BCUT2D eigenvalue weighted by Crippen LogP contribution is 2.18. The van der Waals surface area contributed by atoms with E-state index in [0.717, 1.165) is 17.1 Å². The number of carboxylic acid groups (broad SMARTS) is 1. The first-order chi connectivity index (χ1) is 9.02. The molecule has 19 heavy (non-hydrogen) atoms. The van der Waals surface area contributed by atoms with Crippen molar-refractivity contribution in [3.05, 3.63) is 27.0 Å². The molecule has 0 amide bonds. The number of hydrogen-bond acceptors (Lipinski definition) is 5. The minimum atomic E-state index is -1.03. The van der Waals surface area contributed by atoms with Crippen LogP contribution in [0.25, 0.3) is 0 Å². The molecule has 0 aliphatic rings. The lowest BCUT2D eigenvalue weighted by Crippen LogP contribution is -2.09. The molecule has 2 heterocycles. The summed E-state index contributed by atoms with van der Waals surface area (Å²) in [6, 6.07) is 0. The van der Waals surface area contributed by atoms with Gasteiger partial charge in [-0.3, -0.25) is 0 Å². The molecule has 6 nitrogen and oxygen atoms in total. The van der Waals surface area contributed by atoms with E-state index in [0.29, 0.717) is 18.7 Å². The zero-order chi connectivity index (χ0) is 14.0. The number of hydrogen-bond donors (Lipinski definition) is 1. The normalized spacial score (nSPS) is 10.9. The summed E-state index contributed by atoms with van der Waals surface area (Å²) < 4.78 is 1.64. The third kappa shape index (κ3) is 2.81. The highest BCUT2D eigenvalue weighted by molar-refractivity contribution is 7.11. The fourth-order valence-corrected chi connectivity index (χ4v) is 2.76. The van der Waals surface area contributed by atoms with Crippen molar-refractivity contribution >= 4 is 17.3 Å². The first-order valence-electron chi connectivity index (χ1n) is 6.11. The van der Waals surface area contributed by atoms with E-state index in [4.69, 9.17) is 5.11 Å². The Morgan fingerprint density at radius 3 is 2.68 bits per heavy atom. The monoisotopic (exact) mass is 280 g/mol. The van der Waals surface area contributed by atoms with E-state index < -0.39 is 5.97 Å². The van der Waals surface area contributed by atoms with Gasteiger partial charge in [0.05, 0.1) is 17.9 Å². The van der Waals surface area contributed by atoms with Gasteiger partial charge in [-0.05, 0) is 20.3 Å². The molecule has 2 aromatic heterocycles. The molecular formula is C12H16N4O2S. The lowest BCUT2D eigenvalue weighted by Gasteiger charge is -2.03. The Labute approximate surface area is 115 Å². The van der Waals surface area contributed by atoms with Gasteiger partial charge in [0.2, 0.25) is 0 Å². The maximum absolute atomic E-state index is 11.1. The molecule has 102 valence electrons. The molecular weight excluding hydrogens is 264 g/mol.